The SMILES string of the molecule is C=Cc1c(/C(N)=C\C)n(C)c(=O)n1C1CCC(O)NC1=O. The fourth-order valence-electron chi connectivity index (χ4n) is 2.65. The number of nitrogens with two attached hydrogens (primary N) is 1. The predicted octanol–water partition coefficient (Wildman–Crippen LogP) is -0.0812. The van der Waals surface area contributed by atoms with Gasteiger partial charge in [0.15, 0.2) is 0 Å². The minimum Gasteiger partial charge on any atom is -0.397 e. The Morgan fingerprint density at radius 2 is 2.14 bits per heavy atom. The van der Waals surface area contributed by atoms with E-state index in [2.05, 4.69) is 11.9 Å². The number of carbonyl (C=O) groups is 1. The minimum atomic E-state index is -0.861. The maximum Gasteiger partial charge on any atom is 0.329 e. The molecule has 4 N–H and O–H groups in total. The fraction of sp³-hybridized carbons (Fsp3) is 0.429. The van der Waals surface area contributed by atoms with Crippen LogP contribution >= 0.6 is 0 Å². The third kappa shape index (κ3) is 2.40. The molecule has 2 atom stereocenters. The Labute approximate surface area is 122 Å². The van der Waals surface area contributed by atoms with Gasteiger partial charge in [0.25, 0.3) is 0 Å². The van der Waals surface area contributed by atoms with Crippen molar-refractivity contribution in [3.8, 4) is 0 Å². The van der Waals surface area contributed by atoms with Gasteiger partial charge in [0, 0.05) is 7.05 Å². The van der Waals surface area contributed by atoms with Gasteiger partial charge in [-0.1, -0.05) is 12.7 Å². The number of carbonyl (C=O) groups excluding carboxylic acids is 1. The van der Waals surface area contributed by atoms with Crippen molar-refractivity contribution in [2.45, 2.75) is 32.0 Å². The number of hydrogen-bond donors (Lipinski definition) is 3. The van der Waals surface area contributed by atoms with Crippen LogP contribution in [-0.2, 0) is 11.8 Å². The fourth-order valence-corrected chi connectivity index (χ4v) is 2.65. The maximum atomic E-state index is 12.5. The summed E-state index contributed by atoms with van der Waals surface area (Å²) in [4.78, 5) is 24.5. The lowest BCUT2D eigenvalue weighted by molar-refractivity contribution is -0.130. The summed E-state index contributed by atoms with van der Waals surface area (Å²) in [6.45, 7) is 5.49. The number of piperidine rings is 1. The number of aliphatic hydroxyl groups is 1. The van der Waals surface area contributed by atoms with Crippen LogP contribution in [0.25, 0.3) is 11.8 Å². The smallest absolute Gasteiger partial charge is 0.329 e. The molecule has 21 heavy (non-hydrogen) atoms. The number of hydrogen-bond acceptors (Lipinski definition) is 4. The van der Waals surface area contributed by atoms with Gasteiger partial charge in [0.1, 0.15) is 12.3 Å². The molecular formula is C14H20N4O3. The molecule has 0 aromatic carbocycles. The summed E-state index contributed by atoms with van der Waals surface area (Å²) >= 11 is 0. The molecule has 2 unspecified atom stereocenters. The van der Waals surface area contributed by atoms with Crippen molar-refractivity contribution in [2.75, 3.05) is 0 Å². The maximum absolute atomic E-state index is 12.5. The number of nitrogens with one attached hydrogen (secondary N) is 1. The van der Waals surface area contributed by atoms with Gasteiger partial charge in [-0.2, -0.15) is 0 Å². The molecule has 0 bridgehead atoms. The summed E-state index contributed by atoms with van der Waals surface area (Å²) in [5.74, 6) is -0.379. The number of amides is 1. The number of aliphatic hydroxyl groups excluding tert-OH is 1. The van der Waals surface area contributed by atoms with E-state index in [0.29, 0.717) is 29.9 Å². The zero-order chi connectivity index (χ0) is 15.7. The van der Waals surface area contributed by atoms with Crippen molar-refractivity contribution >= 4 is 17.7 Å². The van der Waals surface area contributed by atoms with Gasteiger partial charge in [-0.15, -0.1) is 0 Å². The average molecular weight is 292 g/mol. The topological polar surface area (TPSA) is 102 Å². The molecule has 1 aromatic heterocycles. The van der Waals surface area contributed by atoms with Crippen LogP contribution in [-0.4, -0.2) is 26.4 Å². The van der Waals surface area contributed by atoms with Crippen LogP contribution in [0.5, 0.6) is 0 Å². The Hall–Kier alpha value is -2.28. The molecule has 1 amide bonds. The van der Waals surface area contributed by atoms with E-state index in [9.17, 15) is 14.7 Å². The van der Waals surface area contributed by atoms with Crippen LogP contribution in [0.15, 0.2) is 17.4 Å². The Balaban J connectivity index is 2.62. The Bertz CT molecular complexity index is 668. The van der Waals surface area contributed by atoms with Crippen LogP contribution in [0, 0.1) is 0 Å². The third-order valence-electron chi connectivity index (χ3n) is 3.75. The molecule has 7 heteroatoms. The minimum absolute atomic E-state index is 0.332. The van der Waals surface area contributed by atoms with E-state index in [1.165, 1.54) is 15.2 Å². The largest absolute Gasteiger partial charge is 0.397 e. The van der Waals surface area contributed by atoms with Crippen LogP contribution in [0.4, 0.5) is 0 Å². The summed E-state index contributed by atoms with van der Waals surface area (Å²) in [6.07, 6.45) is 3.12. The Morgan fingerprint density at radius 1 is 1.48 bits per heavy atom. The molecule has 1 aromatic rings. The van der Waals surface area contributed by atoms with E-state index < -0.39 is 12.3 Å². The molecule has 1 aliphatic rings. The first-order chi connectivity index (χ1) is 9.92. The van der Waals surface area contributed by atoms with Crippen LogP contribution < -0.4 is 16.7 Å². The van der Waals surface area contributed by atoms with Crippen LogP contribution in [0.2, 0.25) is 0 Å². The van der Waals surface area contributed by atoms with Gasteiger partial charge in [0.2, 0.25) is 5.91 Å². The van der Waals surface area contributed by atoms with Gasteiger partial charge in [-0.25, -0.2) is 4.79 Å². The second-order valence-electron chi connectivity index (χ2n) is 5.01. The highest BCUT2D eigenvalue weighted by Crippen LogP contribution is 2.24. The highest BCUT2D eigenvalue weighted by molar-refractivity contribution is 5.82. The summed E-state index contributed by atoms with van der Waals surface area (Å²) < 4.78 is 2.80. The summed E-state index contributed by atoms with van der Waals surface area (Å²) in [5.41, 5.74) is 7.10. The monoisotopic (exact) mass is 292 g/mol. The zero-order valence-electron chi connectivity index (χ0n) is 12.2. The number of rotatable bonds is 3. The molecule has 0 aliphatic carbocycles. The van der Waals surface area contributed by atoms with Crippen LogP contribution in [0.1, 0.15) is 37.2 Å². The van der Waals surface area contributed by atoms with Gasteiger partial charge < -0.3 is 16.2 Å². The summed E-state index contributed by atoms with van der Waals surface area (Å²) in [7, 11) is 1.60. The Morgan fingerprint density at radius 3 is 2.67 bits per heavy atom. The zero-order valence-corrected chi connectivity index (χ0v) is 12.2. The first-order valence-corrected chi connectivity index (χ1v) is 6.76. The van der Waals surface area contributed by atoms with E-state index in [4.69, 9.17) is 5.73 Å². The van der Waals surface area contributed by atoms with Crippen molar-refractivity contribution < 1.29 is 9.90 Å². The lowest BCUT2D eigenvalue weighted by Gasteiger charge is -2.27. The third-order valence-corrected chi connectivity index (χ3v) is 3.75. The first kappa shape index (κ1) is 15.1. The Kier molecular flexibility index (Phi) is 4.04. The highest BCUT2D eigenvalue weighted by Gasteiger charge is 2.32. The number of nitrogens with zero attached hydrogens (tertiary/aromatic N) is 2. The van der Waals surface area contributed by atoms with Crippen molar-refractivity contribution in [3.63, 3.8) is 0 Å². The van der Waals surface area contributed by atoms with E-state index in [1.54, 1.807) is 20.0 Å². The first-order valence-electron chi connectivity index (χ1n) is 6.76. The summed E-state index contributed by atoms with van der Waals surface area (Å²) in [6, 6.07) is -0.668. The summed E-state index contributed by atoms with van der Waals surface area (Å²) in [5, 5.41) is 11.9. The van der Waals surface area contributed by atoms with Gasteiger partial charge in [-0.3, -0.25) is 13.9 Å². The van der Waals surface area contributed by atoms with Gasteiger partial charge >= 0.3 is 5.69 Å². The second kappa shape index (κ2) is 5.61. The molecule has 0 saturated carbocycles. The molecule has 114 valence electrons. The van der Waals surface area contributed by atoms with E-state index in [0.717, 1.165) is 0 Å². The lowest BCUT2D eigenvalue weighted by Crippen LogP contribution is -2.47. The van der Waals surface area contributed by atoms with Gasteiger partial charge in [0.05, 0.1) is 17.1 Å². The number of aromatic nitrogens is 2. The molecule has 2 heterocycles. The van der Waals surface area contributed by atoms with Crippen molar-refractivity contribution in [3.05, 3.63) is 34.5 Å². The lowest BCUT2D eigenvalue weighted by atomic mass is 10.0. The molecule has 0 spiro atoms. The van der Waals surface area contributed by atoms with Crippen molar-refractivity contribution in [2.24, 2.45) is 12.8 Å². The molecule has 1 fully saturated rings. The molecular weight excluding hydrogens is 272 g/mol. The van der Waals surface area contributed by atoms with E-state index in [1.807, 2.05) is 0 Å². The van der Waals surface area contributed by atoms with Crippen LogP contribution in [0.3, 0.4) is 0 Å². The molecule has 1 aliphatic heterocycles. The van der Waals surface area contributed by atoms with Gasteiger partial charge in [-0.05, 0) is 25.8 Å². The molecule has 0 radical (unpaired) electrons. The number of allylic oxidation sites excluding steroid dienone is 1. The normalized spacial score (nSPS) is 23.0. The quantitative estimate of drug-likeness (QED) is 0.725. The highest BCUT2D eigenvalue weighted by atomic mass is 16.3. The van der Waals surface area contributed by atoms with E-state index >= 15 is 0 Å². The standard InChI is InChI=1S/C14H20N4O3/c1-4-8(15)12-9(5-2)18(14(21)17(12)3)10-6-7-11(19)16-13(10)20/h4-5,10-11,19H,2,6-7,15H2,1,3H3,(H,16,20)/b8-4+. The molecule has 2 rings (SSSR count). The molecule has 1 saturated heterocycles. The predicted molar refractivity (Wildman–Crippen MR) is 80.0 cm³/mol. The molecule has 7 nitrogen and oxygen atoms in total. The van der Waals surface area contributed by atoms with Crippen molar-refractivity contribution in [1.29, 1.82) is 0 Å². The number of imidazole rings is 1. The second-order valence-corrected chi connectivity index (χ2v) is 5.01. The average Bonchev–Trinajstić information content (AvgIpc) is 2.70. The van der Waals surface area contributed by atoms with Crippen molar-refractivity contribution in [1.82, 2.24) is 14.5 Å². The van der Waals surface area contributed by atoms with E-state index in [-0.39, 0.29) is 11.6 Å².